The summed E-state index contributed by atoms with van der Waals surface area (Å²) >= 11 is 5.87. The number of rotatable bonds is 3. The maximum absolute atomic E-state index is 5.87. The monoisotopic (exact) mass is 236 g/mol. The average molecular weight is 237 g/mol. The summed E-state index contributed by atoms with van der Waals surface area (Å²) in [5.74, 6) is 0.549. The van der Waals surface area contributed by atoms with Gasteiger partial charge in [0.15, 0.2) is 0 Å². The lowest BCUT2D eigenvalue weighted by molar-refractivity contribution is 0.766. The second-order valence-corrected chi connectivity index (χ2v) is 4.16. The molecule has 0 radical (unpaired) electrons. The lowest BCUT2D eigenvalue weighted by Crippen LogP contribution is -1.99. The highest BCUT2D eigenvalue weighted by Gasteiger charge is 2.03. The van der Waals surface area contributed by atoms with Crippen molar-refractivity contribution >= 4 is 17.4 Å². The van der Waals surface area contributed by atoms with Crippen LogP contribution in [0, 0.1) is 0 Å². The first-order chi connectivity index (χ1) is 7.65. The number of pyridine rings is 1. The molecule has 0 bridgehead atoms. The molecule has 0 aliphatic heterocycles. The molecule has 16 heavy (non-hydrogen) atoms. The molecule has 4 nitrogen and oxygen atoms in total. The Labute approximate surface area is 99.1 Å². The van der Waals surface area contributed by atoms with Gasteiger partial charge < -0.3 is 5.73 Å². The molecule has 0 fully saturated rings. The van der Waals surface area contributed by atoms with Gasteiger partial charge in [0.1, 0.15) is 5.82 Å². The van der Waals surface area contributed by atoms with E-state index < -0.39 is 0 Å². The number of nitrogens with two attached hydrogens (primary N) is 1. The van der Waals surface area contributed by atoms with E-state index in [0.29, 0.717) is 10.8 Å². The fourth-order valence-electron chi connectivity index (χ4n) is 1.57. The van der Waals surface area contributed by atoms with E-state index >= 15 is 0 Å². The lowest BCUT2D eigenvalue weighted by Gasteiger charge is -2.03. The molecular weight excluding hydrogens is 224 g/mol. The van der Waals surface area contributed by atoms with E-state index in [1.54, 1.807) is 10.9 Å². The molecule has 5 heteroatoms. The van der Waals surface area contributed by atoms with Crippen molar-refractivity contribution in [3.05, 3.63) is 40.8 Å². The Morgan fingerprint density at radius 3 is 2.88 bits per heavy atom. The van der Waals surface area contributed by atoms with Crippen molar-refractivity contribution in [2.45, 2.75) is 12.8 Å². The molecule has 0 amide bonds. The number of nitrogens with zero attached hydrogens (tertiary/aromatic N) is 3. The van der Waals surface area contributed by atoms with E-state index in [9.17, 15) is 0 Å². The normalized spacial score (nSPS) is 10.6. The van der Waals surface area contributed by atoms with E-state index in [4.69, 9.17) is 17.3 Å². The van der Waals surface area contributed by atoms with Crippen molar-refractivity contribution in [3.63, 3.8) is 0 Å². The third-order valence-electron chi connectivity index (χ3n) is 2.41. The Kier molecular flexibility index (Phi) is 3.10. The molecule has 0 aromatic carbocycles. The van der Waals surface area contributed by atoms with Crippen LogP contribution in [0.25, 0.3) is 0 Å². The highest BCUT2D eigenvalue weighted by Crippen LogP contribution is 2.16. The fourth-order valence-corrected chi connectivity index (χ4v) is 1.75. The van der Waals surface area contributed by atoms with Crippen LogP contribution >= 0.6 is 11.6 Å². The highest BCUT2D eigenvalue weighted by molar-refractivity contribution is 6.30. The number of anilines is 1. The first kappa shape index (κ1) is 11.0. The highest BCUT2D eigenvalue weighted by atomic mass is 35.5. The fraction of sp³-hybridized carbons (Fsp3) is 0.273. The van der Waals surface area contributed by atoms with E-state index in [1.165, 1.54) is 5.56 Å². The number of nitrogen functional groups attached to an aromatic ring is 1. The Bertz CT molecular complexity index is 492. The molecule has 0 saturated carbocycles. The lowest BCUT2D eigenvalue weighted by atomic mass is 10.1. The van der Waals surface area contributed by atoms with Crippen molar-refractivity contribution in [1.29, 1.82) is 0 Å². The van der Waals surface area contributed by atoms with Crippen molar-refractivity contribution in [2.75, 3.05) is 5.73 Å². The second kappa shape index (κ2) is 4.53. The zero-order chi connectivity index (χ0) is 11.5. The van der Waals surface area contributed by atoms with Crippen LogP contribution in [0.1, 0.15) is 11.1 Å². The summed E-state index contributed by atoms with van der Waals surface area (Å²) in [4.78, 5) is 4.02. The molecule has 2 rings (SSSR count). The molecule has 0 atom stereocenters. The molecule has 2 heterocycles. The maximum atomic E-state index is 5.87. The van der Waals surface area contributed by atoms with Gasteiger partial charge in [0.25, 0.3) is 0 Å². The van der Waals surface area contributed by atoms with Gasteiger partial charge in [-0.1, -0.05) is 11.6 Å². The summed E-state index contributed by atoms with van der Waals surface area (Å²) in [7, 11) is 1.90. The number of aryl methyl sites for hydroxylation is 3. The number of halogens is 1. The van der Waals surface area contributed by atoms with Crippen molar-refractivity contribution in [2.24, 2.45) is 7.05 Å². The summed E-state index contributed by atoms with van der Waals surface area (Å²) < 4.78 is 1.79. The number of hydrogen-bond donors (Lipinski definition) is 1. The van der Waals surface area contributed by atoms with Gasteiger partial charge in [-0.3, -0.25) is 4.68 Å². The van der Waals surface area contributed by atoms with E-state index in [-0.39, 0.29) is 0 Å². The van der Waals surface area contributed by atoms with E-state index in [2.05, 4.69) is 10.1 Å². The van der Waals surface area contributed by atoms with Crippen LogP contribution in [-0.2, 0) is 19.9 Å². The maximum Gasteiger partial charge on any atom is 0.126 e. The van der Waals surface area contributed by atoms with Crippen molar-refractivity contribution < 1.29 is 0 Å². The van der Waals surface area contributed by atoms with Crippen molar-refractivity contribution in [1.82, 2.24) is 14.8 Å². The molecule has 0 unspecified atom stereocenters. The summed E-state index contributed by atoms with van der Waals surface area (Å²) in [5, 5.41) is 4.73. The molecule has 2 N–H and O–H groups in total. The van der Waals surface area contributed by atoms with Gasteiger partial charge in [-0.15, -0.1) is 0 Å². The van der Waals surface area contributed by atoms with Gasteiger partial charge in [-0.05, 0) is 30.0 Å². The standard InChI is InChI=1S/C11H13ClN4/c1-16-7-8(5-15-16)2-3-9-4-10(12)6-14-11(9)13/h4-7H,2-3H2,1H3,(H2,13,14). The minimum Gasteiger partial charge on any atom is -0.383 e. The number of aromatic nitrogens is 3. The molecule has 0 aliphatic carbocycles. The largest absolute Gasteiger partial charge is 0.383 e. The summed E-state index contributed by atoms with van der Waals surface area (Å²) in [5.41, 5.74) is 7.93. The minimum atomic E-state index is 0.549. The predicted octanol–water partition coefficient (Wildman–Crippen LogP) is 1.84. The molecule has 0 saturated heterocycles. The van der Waals surface area contributed by atoms with Crippen LogP contribution in [0.4, 0.5) is 5.82 Å². The van der Waals surface area contributed by atoms with Crippen LogP contribution in [0.2, 0.25) is 5.02 Å². The number of hydrogen-bond acceptors (Lipinski definition) is 3. The van der Waals surface area contributed by atoms with Crippen LogP contribution in [-0.4, -0.2) is 14.8 Å². The summed E-state index contributed by atoms with van der Waals surface area (Å²) in [6.07, 6.45) is 7.12. The van der Waals surface area contributed by atoms with Crippen LogP contribution in [0.5, 0.6) is 0 Å². The first-order valence-corrected chi connectivity index (χ1v) is 5.40. The van der Waals surface area contributed by atoms with Gasteiger partial charge in [0, 0.05) is 19.4 Å². The predicted molar refractivity (Wildman–Crippen MR) is 64.3 cm³/mol. The Balaban J connectivity index is 2.07. The minimum absolute atomic E-state index is 0.549. The molecule has 2 aromatic heterocycles. The van der Waals surface area contributed by atoms with Crippen LogP contribution in [0.15, 0.2) is 24.7 Å². The summed E-state index contributed by atoms with van der Waals surface area (Å²) in [6, 6.07) is 1.86. The van der Waals surface area contributed by atoms with Crippen molar-refractivity contribution in [3.8, 4) is 0 Å². The first-order valence-electron chi connectivity index (χ1n) is 5.02. The Morgan fingerprint density at radius 1 is 1.38 bits per heavy atom. The third-order valence-corrected chi connectivity index (χ3v) is 2.62. The smallest absolute Gasteiger partial charge is 0.126 e. The van der Waals surface area contributed by atoms with E-state index in [1.807, 2.05) is 25.5 Å². The second-order valence-electron chi connectivity index (χ2n) is 3.72. The quantitative estimate of drug-likeness (QED) is 0.885. The Morgan fingerprint density at radius 2 is 2.19 bits per heavy atom. The molecule has 84 valence electrons. The average Bonchev–Trinajstić information content (AvgIpc) is 2.66. The van der Waals surface area contributed by atoms with Crippen LogP contribution < -0.4 is 5.73 Å². The molecular formula is C11H13ClN4. The molecule has 2 aromatic rings. The van der Waals surface area contributed by atoms with Gasteiger partial charge in [-0.2, -0.15) is 5.10 Å². The SMILES string of the molecule is Cn1cc(CCc2cc(Cl)cnc2N)cn1. The molecule has 0 spiro atoms. The van der Waals surface area contributed by atoms with Gasteiger partial charge in [0.2, 0.25) is 0 Å². The zero-order valence-corrected chi connectivity index (χ0v) is 9.78. The summed E-state index contributed by atoms with van der Waals surface area (Å²) in [6.45, 7) is 0. The van der Waals surface area contributed by atoms with Crippen LogP contribution in [0.3, 0.4) is 0 Å². The zero-order valence-electron chi connectivity index (χ0n) is 9.02. The molecule has 0 aliphatic rings. The third kappa shape index (κ3) is 2.52. The van der Waals surface area contributed by atoms with Gasteiger partial charge >= 0.3 is 0 Å². The van der Waals surface area contributed by atoms with Gasteiger partial charge in [-0.25, -0.2) is 4.98 Å². The topological polar surface area (TPSA) is 56.7 Å². The Hall–Kier alpha value is -1.55. The van der Waals surface area contributed by atoms with E-state index in [0.717, 1.165) is 18.4 Å². The van der Waals surface area contributed by atoms with Gasteiger partial charge in [0.05, 0.1) is 11.2 Å².